The molecule has 0 saturated carbocycles. The van der Waals surface area contributed by atoms with Crippen molar-refractivity contribution in [1.29, 1.82) is 0 Å². The van der Waals surface area contributed by atoms with Crippen molar-refractivity contribution in [3.8, 4) is 0 Å². The van der Waals surface area contributed by atoms with Gasteiger partial charge in [-0.25, -0.2) is 0 Å². The van der Waals surface area contributed by atoms with Gasteiger partial charge in [0.2, 0.25) is 0 Å². The van der Waals surface area contributed by atoms with Gasteiger partial charge in [-0.1, -0.05) is 23.7 Å². The smallest absolute Gasteiger partial charge is 0.307 e. The first-order valence-electron chi connectivity index (χ1n) is 5.16. The van der Waals surface area contributed by atoms with E-state index in [1.165, 1.54) is 7.11 Å². The number of nitrogens with two attached hydrogens (primary N) is 1. The molecule has 1 atom stereocenters. The van der Waals surface area contributed by atoms with E-state index in [1.807, 2.05) is 18.2 Å². The third kappa shape index (κ3) is 2.92. The number of hydrogen-bond donors (Lipinski definition) is 1. The quantitative estimate of drug-likeness (QED) is 0.842. The van der Waals surface area contributed by atoms with Crippen LogP contribution in [-0.2, 0) is 22.4 Å². The second-order valence-corrected chi connectivity index (χ2v) is 4.75. The molecule has 1 aliphatic rings. The van der Waals surface area contributed by atoms with Crippen LogP contribution in [-0.4, -0.2) is 18.6 Å². The Hall–Kier alpha value is -0.770. The highest BCUT2D eigenvalue weighted by atomic mass is 35.5. The van der Waals surface area contributed by atoms with Crippen LogP contribution in [0, 0.1) is 0 Å². The van der Waals surface area contributed by atoms with Crippen LogP contribution in [0.2, 0.25) is 5.02 Å². The number of rotatable bonds is 2. The number of hydrogen-bond acceptors (Lipinski definition) is 3. The molecule has 0 bridgehead atoms. The van der Waals surface area contributed by atoms with Gasteiger partial charge in [0.25, 0.3) is 0 Å². The van der Waals surface area contributed by atoms with Crippen molar-refractivity contribution >= 4 is 30.0 Å². The zero-order valence-electron chi connectivity index (χ0n) is 9.53. The summed E-state index contributed by atoms with van der Waals surface area (Å²) in [4.78, 5) is 11.3. The first kappa shape index (κ1) is 14.3. The summed E-state index contributed by atoms with van der Waals surface area (Å²) in [5, 5.41) is 0.731. The highest BCUT2D eigenvalue weighted by Crippen LogP contribution is 2.35. The average Bonchev–Trinajstić information content (AvgIpc) is 2.56. The number of fused-ring (bicyclic) bond motifs is 1. The monoisotopic (exact) mass is 275 g/mol. The Kier molecular flexibility index (Phi) is 4.42. The maximum Gasteiger partial charge on any atom is 0.307 e. The Morgan fingerprint density at radius 1 is 1.53 bits per heavy atom. The van der Waals surface area contributed by atoms with Gasteiger partial charge in [0.15, 0.2) is 0 Å². The third-order valence-electron chi connectivity index (χ3n) is 3.01. The summed E-state index contributed by atoms with van der Waals surface area (Å²) in [5.41, 5.74) is 7.86. The van der Waals surface area contributed by atoms with Crippen molar-refractivity contribution in [2.45, 2.75) is 24.8 Å². The third-order valence-corrected chi connectivity index (χ3v) is 3.37. The second kappa shape index (κ2) is 5.25. The number of carbonyl (C=O) groups excluding carboxylic acids is 1. The number of esters is 1. The fourth-order valence-electron chi connectivity index (χ4n) is 2.25. The molecule has 0 aromatic heterocycles. The molecule has 94 valence electrons. The van der Waals surface area contributed by atoms with E-state index in [2.05, 4.69) is 4.74 Å². The summed E-state index contributed by atoms with van der Waals surface area (Å²) in [6.45, 7) is 0. The summed E-state index contributed by atoms with van der Waals surface area (Å²) in [7, 11) is 1.38. The fourth-order valence-corrected chi connectivity index (χ4v) is 2.51. The molecule has 0 radical (unpaired) electrons. The lowest BCUT2D eigenvalue weighted by atomic mass is 9.93. The van der Waals surface area contributed by atoms with Crippen LogP contribution in [0.4, 0.5) is 0 Å². The molecule has 0 spiro atoms. The Bertz CT molecular complexity index is 437. The van der Waals surface area contributed by atoms with Gasteiger partial charge in [0.05, 0.1) is 13.5 Å². The van der Waals surface area contributed by atoms with E-state index in [-0.39, 0.29) is 24.8 Å². The minimum absolute atomic E-state index is 0. The summed E-state index contributed by atoms with van der Waals surface area (Å²) >= 11 is 6.10. The van der Waals surface area contributed by atoms with E-state index in [0.717, 1.165) is 16.1 Å². The van der Waals surface area contributed by atoms with Crippen molar-refractivity contribution in [2.75, 3.05) is 7.11 Å². The highest BCUT2D eigenvalue weighted by Gasteiger charge is 2.36. The molecule has 0 fully saturated rings. The van der Waals surface area contributed by atoms with Crippen LogP contribution < -0.4 is 5.73 Å². The van der Waals surface area contributed by atoms with E-state index in [1.54, 1.807) is 0 Å². The minimum Gasteiger partial charge on any atom is -0.469 e. The second-order valence-electron chi connectivity index (χ2n) is 4.35. The van der Waals surface area contributed by atoms with E-state index in [9.17, 15) is 4.79 Å². The molecule has 1 aliphatic carbocycles. The molecular formula is C12H15Cl2NO2. The van der Waals surface area contributed by atoms with Crippen LogP contribution in [0.3, 0.4) is 0 Å². The fraction of sp³-hybridized carbons (Fsp3) is 0.417. The van der Waals surface area contributed by atoms with E-state index in [4.69, 9.17) is 17.3 Å². The number of halogens is 2. The van der Waals surface area contributed by atoms with Crippen molar-refractivity contribution in [2.24, 2.45) is 5.73 Å². The predicted molar refractivity (Wildman–Crippen MR) is 69.7 cm³/mol. The van der Waals surface area contributed by atoms with Gasteiger partial charge in [0.1, 0.15) is 0 Å². The van der Waals surface area contributed by atoms with Crippen LogP contribution >= 0.6 is 24.0 Å². The summed E-state index contributed by atoms with van der Waals surface area (Å²) in [5.74, 6) is -0.272. The normalized spacial score (nSPS) is 21.6. The van der Waals surface area contributed by atoms with E-state index in [0.29, 0.717) is 12.8 Å². The van der Waals surface area contributed by atoms with Gasteiger partial charge < -0.3 is 10.5 Å². The molecule has 3 nitrogen and oxygen atoms in total. The van der Waals surface area contributed by atoms with Crippen molar-refractivity contribution in [3.63, 3.8) is 0 Å². The van der Waals surface area contributed by atoms with Crippen LogP contribution in [0.25, 0.3) is 0 Å². The molecule has 2 rings (SSSR count). The van der Waals surface area contributed by atoms with Crippen LogP contribution in [0.5, 0.6) is 0 Å². The minimum atomic E-state index is -0.541. The first-order valence-corrected chi connectivity index (χ1v) is 5.54. The van der Waals surface area contributed by atoms with Gasteiger partial charge >= 0.3 is 5.97 Å². The standard InChI is InChI=1S/C12H14ClNO2.ClH/c1-16-11(15)7-12(14)5-8-3-2-4-10(13)9(8)6-12;/h2-4H,5-7,14H2,1H3;1H. The number of carbonyl (C=O) groups is 1. The maximum absolute atomic E-state index is 11.3. The number of ether oxygens (including phenoxy) is 1. The SMILES string of the molecule is COC(=O)CC1(N)Cc2cccc(Cl)c2C1.Cl. The molecular weight excluding hydrogens is 261 g/mol. The van der Waals surface area contributed by atoms with Crippen molar-refractivity contribution < 1.29 is 9.53 Å². The van der Waals surface area contributed by atoms with Gasteiger partial charge in [-0.3, -0.25) is 4.79 Å². The molecule has 0 heterocycles. The molecule has 1 aromatic rings. The zero-order chi connectivity index (χ0) is 11.8. The van der Waals surface area contributed by atoms with E-state index < -0.39 is 5.54 Å². The highest BCUT2D eigenvalue weighted by molar-refractivity contribution is 6.31. The molecule has 0 aliphatic heterocycles. The van der Waals surface area contributed by atoms with Crippen LogP contribution in [0.1, 0.15) is 17.5 Å². The van der Waals surface area contributed by atoms with Gasteiger partial charge in [-0.2, -0.15) is 0 Å². The van der Waals surface area contributed by atoms with Crippen molar-refractivity contribution in [3.05, 3.63) is 34.3 Å². The van der Waals surface area contributed by atoms with Crippen LogP contribution in [0.15, 0.2) is 18.2 Å². The zero-order valence-corrected chi connectivity index (χ0v) is 11.1. The Labute approximate surface area is 112 Å². The molecule has 1 unspecified atom stereocenters. The van der Waals surface area contributed by atoms with Gasteiger partial charge in [-0.05, 0) is 30.0 Å². The Morgan fingerprint density at radius 3 is 2.82 bits per heavy atom. The van der Waals surface area contributed by atoms with Gasteiger partial charge in [0, 0.05) is 10.6 Å². The Morgan fingerprint density at radius 2 is 2.24 bits per heavy atom. The maximum atomic E-state index is 11.3. The summed E-state index contributed by atoms with van der Waals surface area (Å²) < 4.78 is 4.65. The number of benzene rings is 1. The number of methoxy groups -OCH3 is 1. The summed E-state index contributed by atoms with van der Waals surface area (Å²) in [6, 6.07) is 5.77. The molecule has 5 heteroatoms. The Balaban J connectivity index is 0.00000144. The van der Waals surface area contributed by atoms with E-state index >= 15 is 0 Å². The van der Waals surface area contributed by atoms with Gasteiger partial charge in [-0.15, -0.1) is 12.4 Å². The lowest BCUT2D eigenvalue weighted by Crippen LogP contribution is -2.43. The topological polar surface area (TPSA) is 52.3 Å². The molecule has 0 amide bonds. The molecule has 0 saturated heterocycles. The lowest BCUT2D eigenvalue weighted by Gasteiger charge is -2.21. The lowest BCUT2D eigenvalue weighted by molar-refractivity contribution is -0.141. The largest absolute Gasteiger partial charge is 0.469 e. The average molecular weight is 276 g/mol. The molecule has 17 heavy (non-hydrogen) atoms. The molecule has 2 N–H and O–H groups in total. The first-order chi connectivity index (χ1) is 7.54. The molecule has 1 aromatic carbocycles. The van der Waals surface area contributed by atoms with Crippen molar-refractivity contribution in [1.82, 2.24) is 0 Å². The predicted octanol–water partition coefficient (Wildman–Crippen LogP) is 2.12. The summed E-state index contributed by atoms with van der Waals surface area (Å²) in [6.07, 6.45) is 1.55.